The molecule has 2 aromatic rings. The summed E-state index contributed by atoms with van der Waals surface area (Å²) < 4.78 is 0. The topological polar surface area (TPSA) is 12.0 Å². The van der Waals surface area contributed by atoms with Gasteiger partial charge in [0, 0.05) is 9.90 Å². The SMILES string of the molecule is Clc1ccc2c(c1/C=C/c1cccs1)CCNCC2. The highest BCUT2D eigenvalue weighted by molar-refractivity contribution is 7.10. The Morgan fingerprint density at radius 1 is 1.11 bits per heavy atom. The molecule has 0 saturated heterocycles. The number of benzene rings is 1. The Bertz CT molecular complexity index is 587. The van der Waals surface area contributed by atoms with E-state index in [1.54, 1.807) is 11.3 Å². The molecule has 3 rings (SSSR count). The lowest BCUT2D eigenvalue weighted by molar-refractivity contribution is 0.711. The van der Waals surface area contributed by atoms with Crippen LogP contribution in [0.4, 0.5) is 0 Å². The Hall–Kier alpha value is -1.09. The molecule has 1 N–H and O–H groups in total. The fourth-order valence-corrected chi connectivity index (χ4v) is 3.36. The molecule has 0 bridgehead atoms. The first-order valence-electron chi connectivity index (χ1n) is 6.57. The zero-order chi connectivity index (χ0) is 13.1. The summed E-state index contributed by atoms with van der Waals surface area (Å²) in [5, 5.41) is 6.39. The normalized spacial score (nSPS) is 15.4. The second-order valence-corrected chi connectivity index (χ2v) is 6.08. The third kappa shape index (κ3) is 2.92. The Morgan fingerprint density at radius 3 is 2.84 bits per heavy atom. The highest BCUT2D eigenvalue weighted by Crippen LogP contribution is 2.28. The van der Waals surface area contributed by atoms with E-state index < -0.39 is 0 Å². The molecule has 3 heteroatoms. The summed E-state index contributed by atoms with van der Waals surface area (Å²) >= 11 is 8.13. The van der Waals surface area contributed by atoms with E-state index in [1.165, 1.54) is 21.6 Å². The Labute approximate surface area is 122 Å². The first-order valence-corrected chi connectivity index (χ1v) is 7.83. The van der Waals surface area contributed by atoms with E-state index in [-0.39, 0.29) is 0 Å². The fourth-order valence-electron chi connectivity index (χ4n) is 2.50. The van der Waals surface area contributed by atoms with Gasteiger partial charge in [0.15, 0.2) is 0 Å². The number of thiophene rings is 1. The standard InChI is InChI=1S/C16H16ClNS/c17-16-6-3-12-7-9-18-10-8-14(12)15(16)5-4-13-2-1-11-19-13/h1-6,11,18H,7-10H2/b5-4+. The van der Waals surface area contributed by atoms with Gasteiger partial charge in [-0.15, -0.1) is 11.3 Å². The molecular formula is C16H16ClNS. The largest absolute Gasteiger partial charge is 0.316 e. The van der Waals surface area contributed by atoms with Gasteiger partial charge in [0.2, 0.25) is 0 Å². The molecular weight excluding hydrogens is 274 g/mol. The Kier molecular flexibility index (Phi) is 4.02. The molecule has 0 saturated carbocycles. The van der Waals surface area contributed by atoms with Crippen LogP contribution in [0.1, 0.15) is 21.6 Å². The second-order valence-electron chi connectivity index (χ2n) is 4.70. The number of halogens is 1. The molecule has 1 aliphatic heterocycles. The van der Waals surface area contributed by atoms with Gasteiger partial charge in [-0.3, -0.25) is 0 Å². The highest BCUT2D eigenvalue weighted by Gasteiger charge is 2.12. The average molecular weight is 290 g/mol. The number of hydrogen-bond acceptors (Lipinski definition) is 2. The van der Waals surface area contributed by atoms with Crippen LogP contribution in [-0.4, -0.2) is 13.1 Å². The molecule has 0 radical (unpaired) electrons. The molecule has 0 fully saturated rings. The third-order valence-corrected chi connectivity index (χ3v) is 4.65. The summed E-state index contributed by atoms with van der Waals surface area (Å²) in [5.74, 6) is 0. The minimum absolute atomic E-state index is 0.855. The van der Waals surface area contributed by atoms with Crippen molar-refractivity contribution >= 4 is 35.1 Å². The van der Waals surface area contributed by atoms with Crippen molar-refractivity contribution in [1.82, 2.24) is 5.32 Å². The minimum atomic E-state index is 0.855. The van der Waals surface area contributed by atoms with Crippen LogP contribution in [0.15, 0.2) is 29.6 Å². The smallest absolute Gasteiger partial charge is 0.0481 e. The number of rotatable bonds is 2. The van der Waals surface area contributed by atoms with Crippen LogP contribution in [0.3, 0.4) is 0 Å². The molecule has 1 aromatic carbocycles. The van der Waals surface area contributed by atoms with Crippen LogP contribution < -0.4 is 5.32 Å². The molecule has 98 valence electrons. The van der Waals surface area contributed by atoms with E-state index in [4.69, 9.17) is 11.6 Å². The zero-order valence-corrected chi connectivity index (χ0v) is 12.2. The van der Waals surface area contributed by atoms with E-state index in [1.807, 2.05) is 6.07 Å². The lowest BCUT2D eigenvalue weighted by atomic mass is 9.96. The van der Waals surface area contributed by atoms with Gasteiger partial charge in [-0.25, -0.2) is 0 Å². The lowest BCUT2D eigenvalue weighted by Gasteiger charge is -2.11. The summed E-state index contributed by atoms with van der Waals surface area (Å²) in [6.45, 7) is 2.09. The molecule has 0 amide bonds. The summed E-state index contributed by atoms with van der Waals surface area (Å²) in [4.78, 5) is 1.26. The maximum atomic E-state index is 6.39. The van der Waals surface area contributed by atoms with Gasteiger partial charge in [0.05, 0.1) is 0 Å². The lowest BCUT2D eigenvalue weighted by Crippen LogP contribution is -2.16. The maximum absolute atomic E-state index is 6.39. The van der Waals surface area contributed by atoms with Crippen molar-refractivity contribution in [2.24, 2.45) is 0 Å². The van der Waals surface area contributed by atoms with Crippen LogP contribution in [0.5, 0.6) is 0 Å². The van der Waals surface area contributed by atoms with Crippen LogP contribution in [0.2, 0.25) is 5.02 Å². The second kappa shape index (κ2) is 5.91. The predicted octanol–water partition coefficient (Wildman–Crippen LogP) is 4.26. The highest BCUT2D eigenvalue weighted by atomic mass is 35.5. The van der Waals surface area contributed by atoms with Crippen LogP contribution in [0, 0.1) is 0 Å². The van der Waals surface area contributed by atoms with Crippen LogP contribution in [0.25, 0.3) is 12.2 Å². The summed E-state index contributed by atoms with van der Waals surface area (Å²) in [5.41, 5.74) is 4.03. The molecule has 0 unspecified atom stereocenters. The molecule has 1 aromatic heterocycles. The molecule has 19 heavy (non-hydrogen) atoms. The molecule has 1 aliphatic rings. The van der Waals surface area contributed by atoms with Gasteiger partial charge < -0.3 is 5.32 Å². The minimum Gasteiger partial charge on any atom is -0.316 e. The average Bonchev–Trinajstić information content (AvgIpc) is 2.82. The van der Waals surface area contributed by atoms with Gasteiger partial charge in [0.1, 0.15) is 0 Å². The van der Waals surface area contributed by atoms with Crippen molar-refractivity contribution in [3.63, 3.8) is 0 Å². The summed E-state index contributed by atoms with van der Waals surface area (Å²) in [6, 6.07) is 8.40. The van der Waals surface area contributed by atoms with Crippen molar-refractivity contribution in [3.8, 4) is 0 Å². The Balaban J connectivity index is 2.00. The van der Waals surface area contributed by atoms with E-state index in [2.05, 4.69) is 41.0 Å². The van der Waals surface area contributed by atoms with Crippen molar-refractivity contribution in [3.05, 3.63) is 56.2 Å². The number of fused-ring (bicyclic) bond motifs is 1. The van der Waals surface area contributed by atoms with Gasteiger partial charge in [-0.2, -0.15) is 0 Å². The predicted molar refractivity (Wildman–Crippen MR) is 85.0 cm³/mol. The van der Waals surface area contributed by atoms with Gasteiger partial charge >= 0.3 is 0 Å². The maximum Gasteiger partial charge on any atom is 0.0481 e. The quantitative estimate of drug-likeness (QED) is 0.871. The monoisotopic (exact) mass is 289 g/mol. The molecule has 1 nitrogen and oxygen atoms in total. The zero-order valence-electron chi connectivity index (χ0n) is 10.7. The summed E-state index contributed by atoms with van der Waals surface area (Å²) in [6.07, 6.45) is 6.47. The van der Waals surface area contributed by atoms with Crippen LogP contribution in [-0.2, 0) is 12.8 Å². The van der Waals surface area contributed by atoms with Crippen molar-refractivity contribution in [2.75, 3.05) is 13.1 Å². The van der Waals surface area contributed by atoms with E-state index >= 15 is 0 Å². The molecule has 0 aliphatic carbocycles. The molecule has 2 heterocycles. The van der Waals surface area contributed by atoms with Crippen molar-refractivity contribution in [2.45, 2.75) is 12.8 Å². The Morgan fingerprint density at radius 2 is 2.00 bits per heavy atom. The van der Waals surface area contributed by atoms with Gasteiger partial charge in [-0.05, 0) is 66.2 Å². The number of nitrogens with one attached hydrogen (secondary N) is 1. The number of hydrogen-bond donors (Lipinski definition) is 1. The third-order valence-electron chi connectivity index (χ3n) is 3.48. The van der Waals surface area contributed by atoms with E-state index in [0.29, 0.717) is 0 Å². The van der Waals surface area contributed by atoms with E-state index in [0.717, 1.165) is 31.0 Å². The van der Waals surface area contributed by atoms with Crippen molar-refractivity contribution < 1.29 is 0 Å². The fraction of sp³-hybridized carbons (Fsp3) is 0.250. The van der Waals surface area contributed by atoms with Gasteiger partial charge in [-0.1, -0.05) is 29.8 Å². The van der Waals surface area contributed by atoms with Crippen molar-refractivity contribution in [1.29, 1.82) is 0 Å². The molecule has 0 atom stereocenters. The first kappa shape index (κ1) is 12.9. The summed E-state index contributed by atoms with van der Waals surface area (Å²) in [7, 11) is 0. The van der Waals surface area contributed by atoms with Crippen LogP contribution >= 0.6 is 22.9 Å². The van der Waals surface area contributed by atoms with Gasteiger partial charge in [0.25, 0.3) is 0 Å². The van der Waals surface area contributed by atoms with E-state index in [9.17, 15) is 0 Å². The molecule has 0 spiro atoms. The first-order chi connectivity index (χ1) is 9.34.